The number of aliphatic hydroxyl groups excluding tert-OH is 1. The van der Waals surface area contributed by atoms with Gasteiger partial charge in [0.1, 0.15) is 10.7 Å². The molecule has 1 aromatic rings. The first kappa shape index (κ1) is 11.1. The molecule has 1 N–H and O–H groups in total. The molecule has 0 saturated carbocycles. The average molecular weight is 226 g/mol. The van der Waals surface area contributed by atoms with Crippen molar-refractivity contribution in [1.82, 2.24) is 4.90 Å². The maximum atomic E-state index is 10.4. The number of nitrogens with zero attached hydrogens (tertiary/aromatic N) is 2. The minimum atomic E-state index is -0.547. The number of furan rings is 1. The van der Waals surface area contributed by atoms with Crippen molar-refractivity contribution < 1.29 is 14.4 Å². The van der Waals surface area contributed by atoms with Crippen LogP contribution >= 0.6 is 0 Å². The molecule has 1 atom stereocenters. The van der Waals surface area contributed by atoms with E-state index in [-0.39, 0.29) is 12.0 Å². The molecule has 88 valence electrons. The predicted octanol–water partition coefficient (Wildman–Crippen LogP) is 1.14. The van der Waals surface area contributed by atoms with Gasteiger partial charge in [0.15, 0.2) is 0 Å². The molecule has 2 heterocycles. The van der Waals surface area contributed by atoms with Crippen LogP contribution in [0.1, 0.15) is 18.6 Å². The number of nitro groups is 1. The lowest BCUT2D eigenvalue weighted by Gasteiger charge is -2.28. The summed E-state index contributed by atoms with van der Waals surface area (Å²) >= 11 is 0. The maximum absolute atomic E-state index is 10.4. The largest absolute Gasteiger partial charge is 0.433 e. The number of rotatable bonds is 3. The average Bonchev–Trinajstić information content (AvgIpc) is 2.66. The van der Waals surface area contributed by atoms with E-state index in [1.54, 1.807) is 6.07 Å². The summed E-state index contributed by atoms with van der Waals surface area (Å²) in [4.78, 5) is 11.9. The van der Waals surface area contributed by atoms with Crippen LogP contribution in [0.3, 0.4) is 0 Å². The van der Waals surface area contributed by atoms with E-state index < -0.39 is 4.92 Å². The van der Waals surface area contributed by atoms with Crippen molar-refractivity contribution in [1.29, 1.82) is 0 Å². The number of hydrogen-bond acceptors (Lipinski definition) is 5. The fourth-order valence-corrected chi connectivity index (χ4v) is 1.94. The minimum Gasteiger partial charge on any atom is -0.404 e. The van der Waals surface area contributed by atoms with Gasteiger partial charge in [-0.3, -0.25) is 15.0 Å². The summed E-state index contributed by atoms with van der Waals surface area (Å²) in [5.74, 6) is 0.341. The molecule has 0 radical (unpaired) electrons. The Morgan fingerprint density at radius 1 is 1.62 bits per heavy atom. The first-order chi connectivity index (χ1) is 7.65. The molecule has 1 aromatic heterocycles. The van der Waals surface area contributed by atoms with Crippen molar-refractivity contribution in [2.45, 2.75) is 25.5 Å². The second-order valence-corrected chi connectivity index (χ2v) is 4.03. The highest BCUT2D eigenvalue weighted by Gasteiger charge is 2.20. The smallest absolute Gasteiger partial charge is 0.404 e. The molecule has 0 bridgehead atoms. The second kappa shape index (κ2) is 4.63. The Labute approximate surface area is 92.6 Å². The summed E-state index contributed by atoms with van der Waals surface area (Å²) in [6, 6.07) is 2.97. The van der Waals surface area contributed by atoms with Crippen molar-refractivity contribution in [2.24, 2.45) is 0 Å². The van der Waals surface area contributed by atoms with E-state index in [1.807, 2.05) is 4.90 Å². The van der Waals surface area contributed by atoms with Crippen LogP contribution in [0.15, 0.2) is 16.5 Å². The number of aliphatic hydroxyl groups is 1. The molecule has 6 nitrogen and oxygen atoms in total. The minimum absolute atomic E-state index is 0.229. The summed E-state index contributed by atoms with van der Waals surface area (Å²) in [6.07, 6.45) is 1.48. The van der Waals surface area contributed by atoms with Gasteiger partial charge in [-0.05, 0) is 25.5 Å². The van der Waals surface area contributed by atoms with E-state index >= 15 is 0 Å². The Kier molecular flexibility index (Phi) is 3.21. The number of β-amino-alcohol motifs (C(OH)–C–C–N with tert-alkyl or cyclic N) is 1. The topological polar surface area (TPSA) is 79.8 Å². The lowest BCUT2D eigenvalue weighted by Crippen LogP contribution is -2.37. The van der Waals surface area contributed by atoms with Crippen LogP contribution in [-0.4, -0.2) is 34.1 Å². The maximum Gasteiger partial charge on any atom is 0.433 e. The Morgan fingerprint density at radius 3 is 3.06 bits per heavy atom. The molecule has 6 heteroatoms. The zero-order valence-electron chi connectivity index (χ0n) is 8.83. The first-order valence-electron chi connectivity index (χ1n) is 5.28. The van der Waals surface area contributed by atoms with Gasteiger partial charge in [0.25, 0.3) is 0 Å². The molecule has 0 aliphatic carbocycles. The summed E-state index contributed by atoms with van der Waals surface area (Å²) in [7, 11) is 0. The monoisotopic (exact) mass is 226 g/mol. The zero-order valence-corrected chi connectivity index (χ0v) is 8.83. The van der Waals surface area contributed by atoms with Crippen molar-refractivity contribution in [3.05, 3.63) is 28.0 Å². The van der Waals surface area contributed by atoms with Crippen LogP contribution in [0.5, 0.6) is 0 Å². The van der Waals surface area contributed by atoms with Crippen molar-refractivity contribution in [2.75, 3.05) is 13.1 Å². The van der Waals surface area contributed by atoms with Gasteiger partial charge in [-0.15, -0.1) is 0 Å². The van der Waals surface area contributed by atoms with E-state index in [0.29, 0.717) is 18.8 Å². The molecule has 1 unspecified atom stereocenters. The SMILES string of the molecule is O=[N+]([O-])c1ccc(CN2CCCC(O)C2)o1. The lowest BCUT2D eigenvalue weighted by atomic mass is 10.1. The van der Waals surface area contributed by atoms with Crippen LogP contribution in [-0.2, 0) is 6.54 Å². The molecular formula is C10H14N2O4. The molecule has 1 aliphatic heterocycles. The quantitative estimate of drug-likeness (QED) is 0.617. The summed E-state index contributed by atoms with van der Waals surface area (Å²) in [5.41, 5.74) is 0. The number of hydrogen-bond donors (Lipinski definition) is 1. The van der Waals surface area contributed by atoms with Gasteiger partial charge in [0, 0.05) is 6.54 Å². The normalized spacial score (nSPS) is 22.2. The van der Waals surface area contributed by atoms with Gasteiger partial charge in [0.2, 0.25) is 0 Å². The summed E-state index contributed by atoms with van der Waals surface area (Å²) in [5, 5.41) is 19.9. The van der Waals surface area contributed by atoms with Crippen LogP contribution in [0.2, 0.25) is 0 Å². The van der Waals surface area contributed by atoms with Crippen LogP contribution in [0.4, 0.5) is 5.88 Å². The zero-order chi connectivity index (χ0) is 11.5. The highest BCUT2D eigenvalue weighted by atomic mass is 16.6. The van der Waals surface area contributed by atoms with Crippen LogP contribution in [0.25, 0.3) is 0 Å². The highest BCUT2D eigenvalue weighted by molar-refractivity contribution is 5.17. The van der Waals surface area contributed by atoms with Crippen LogP contribution in [0, 0.1) is 10.1 Å². The van der Waals surface area contributed by atoms with E-state index in [4.69, 9.17) is 4.42 Å². The second-order valence-electron chi connectivity index (χ2n) is 4.03. The number of piperidine rings is 1. The molecule has 0 amide bonds. The van der Waals surface area contributed by atoms with Gasteiger partial charge in [-0.1, -0.05) is 0 Å². The van der Waals surface area contributed by atoms with Crippen molar-refractivity contribution >= 4 is 5.88 Å². The Balaban J connectivity index is 1.95. The molecule has 1 fully saturated rings. The molecule has 2 rings (SSSR count). The fraction of sp³-hybridized carbons (Fsp3) is 0.600. The Hall–Kier alpha value is -1.40. The van der Waals surface area contributed by atoms with Crippen molar-refractivity contribution in [3.63, 3.8) is 0 Å². The molecule has 1 saturated heterocycles. The van der Waals surface area contributed by atoms with E-state index in [9.17, 15) is 15.2 Å². The summed E-state index contributed by atoms with van der Waals surface area (Å²) < 4.78 is 5.06. The molecule has 1 aliphatic rings. The summed E-state index contributed by atoms with van der Waals surface area (Å²) in [6.45, 7) is 2.02. The molecular weight excluding hydrogens is 212 g/mol. The standard InChI is InChI=1S/C10H14N2O4/c13-8-2-1-5-11(6-8)7-9-3-4-10(16-9)12(14)15/h3-4,8,13H,1-2,5-7H2. The van der Waals surface area contributed by atoms with E-state index in [1.165, 1.54) is 6.07 Å². The Bertz CT molecular complexity index is 377. The van der Waals surface area contributed by atoms with Crippen LogP contribution < -0.4 is 0 Å². The first-order valence-corrected chi connectivity index (χ1v) is 5.28. The van der Waals surface area contributed by atoms with Gasteiger partial charge in [-0.2, -0.15) is 0 Å². The molecule has 16 heavy (non-hydrogen) atoms. The Morgan fingerprint density at radius 2 is 2.44 bits per heavy atom. The van der Waals surface area contributed by atoms with Gasteiger partial charge in [0.05, 0.1) is 18.7 Å². The number of likely N-dealkylation sites (tertiary alicyclic amines) is 1. The van der Waals surface area contributed by atoms with Gasteiger partial charge in [-0.25, -0.2) is 0 Å². The molecule has 0 spiro atoms. The lowest BCUT2D eigenvalue weighted by molar-refractivity contribution is -0.402. The highest BCUT2D eigenvalue weighted by Crippen LogP contribution is 2.19. The third-order valence-electron chi connectivity index (χ3n) is 2.69. The third-order valence-corrected chi connectivity index (χ3v) is 2.69. The van der Waals surface area contributed by atoms with E-state index in [0.717, 1.165) is 19.4 Å². The van der Waals surface area contributed by atoms with E-state index in [2.05, 4.69) is 0 Å². The van der Waals surface area contributed by atoms with Gasteiger partial charge < -0.3 is 9.52 Å². The van der Waals surface area contributed by atoms with Gasteiger partial charge >= 0.3 is 5.88 Å². The molecule has 0 aromatic carbocycles. The third kappa shape index (κ3) is 2.59. The fourth-order valence-electron chi connectivity index (χ4n) is 1.94. The predicted molar refractivity (Wildman–Crippen MR) is 55.9 cm³/mol. The van der Waals surface area contributed by atoms with Crippen molar-refractivity contribution in [3.8, 4) is 0 Å².